The lowest BCUT2D eigenvalue weighted by atomic mass is 10.1. The number of primary amides is 1. The number of nitrogens with zero attached hydrogens (tertiary/aromatic N) is 3. The van der Waals surface area contributed by atoms with Gasteiger partial charge in [0.1, 0.15) is 0 Å². The SMILES string of the molecule is CN1CCN(C(=O)c2n[nH]c3ccccc23)CC(C(N)=O)C1. The third kappa shape index (κ3) is 2.67. The van der Waals surface area contributed by atoms with Gasteiger partial charge in [-0.25, -0.2) is 0 Å². The smallest absolute Gasteiger partial charge is 0.275 e. The summed E-state index contributed by atoms with van der Waals surface area (Å²) >= 11 is 0. The van der Waals surface area contributed by atoms with Crippen LogP contribution in [0.3, 0.4) is 0 Å². The standard InChI is InChI=1S/C15H19N5O2/c1-19-6-7-20(9-10(8-19)14(16)21)15(22)13-11-4-2-3-5-12(11)17-18-13/h2-5,10H,6-9H2,1H3,(H2,16,21)(H,17,18). The number of likely N-dealkylation sites (N-methyl/N-ethyl adjacent to an activating group) is 1. The second-order valence-electron chi connectivity index (χ2n) is 5.73. The number of nitrogens with one attached hydrogen (secondary N) is 1. The number of nitrogens with two attached hydrogens (primary N) is 1. The summed E-state index contributed by atoms with van der Waals surface area (Å²) in [6.45, 7) is 2.16. The summed E-state index contributed by atoms with van der Waals surface area (Å²) in [5.41, 5.74) is 6.66. The molecule has 0 aliphatic carbocycles. The normalized spacial score (nSPS) is 20.0. The van der Waals surface area contributed by atoms with Crippen LogP contribution in [0.2, 0.25) is 0 Å². The van der Waals surface area contributed by atoms with Crippen LogP contribution in [0.1, 0.15) is 10.5 Å². The fourth-order valence-corrected chi connectivity index (χ4v) is 2.81. The summed E-state index contributed by atoms with van der Waals surface area (Å²) in [7, 11) is 1.92. The Bertz CT molecular complexity index is 711. The van der Waals surface area contributed by atoms with Crippen molar-refractivity contribution in [3.8, 4) is 0 Å². The summed E-state index contributed by atoms with van der Waals surface area (Å²) in [6.07, 6.45) is 0. The van der Waals surface area contributed by atoms with Crippen LogP contribution in [0, 0.1) is 5.92 Å². The third-order valence-electron chi connectivity index (χ3n) is 4.09. The summed E-state index contributed by atoms with van der Waals surface area (Å²) in [5.74, 6) is -0.904. The van der Waals surface area contributed by atoms with Gasteiger partial charge in [-0.1, -0.05) is 18.2 Å². The van der Waals surface area contributed by atoms with Crippen molar-refractivity contribution in [1.29, 1.82) is 0 Å². The number of fused-ring (bicyclic) bond motifs is 1. The monoisotopic (exact) mass is 301 g/mol. The second-order valence-corrected chi connectivity index (χ2v) is 5.73. The summed E-state index contributed by atoms with van der Waals surface area (Å²) in [4.78, 5) is 28.0. The topological polar surface area (TPSA) is 95.3 Å². The number of amides is 2. The van der Waals surface area contributed by atoms with Crippen molar-refractivity contribution < 1.29 is 9.59 Å². The molecule has 0 spiro atoms. The van der Waals surface area contributed by atoms with Crippen LogP contribution < -0.4 is 5.73 Å². The molecular formula is C15H19N5O2. The molecule has 22 heavy (non-hydrogen) atoms. The van der Waals surface area contributed by atoms with Gasteiger partial charge in [-0.15, -0.1) is 0 Å². The Labute approximate surface area is 128 Å². The molecule has 3 rings (SSSR count). The van der Waals surface area contributed by atoms with Crippen molar-refractivity contribution in [2.45, 2.75) is 0 Å². The molecule has 2 heterocycles. The summed E-state index contributed by atoms with van der Waals surface area (Å²) in [5, 5.41) is 7.80. The first-order valence-corrected chi connectivity index (χ1v) is 7.26. The van der Waals surface area contributed by atoms with E-state index in [4.69, 9.17) is 5.73 Å². The predicted octanol–water partition coefficient (Wildman–Crippen LogP) is 0.0520. The number of hydrogen-bond donors (Lipinski definition) is 2. The Morgan fingerprint density at radius 1 is 1.27 bits per heavy atom. The number of para-hydroxylation sites is 1. The fourth-order valence-electron chi connectivity index (χ4n) is 2.81. The Morgan fingerprint density at radius 3 is 2.82 bits per heavy atom. The van der Waals surface area contributed by atoms with Gasteiger partial charge in [0.15, 0.2) is 5.69 Å². The number of carbonyl (C=O) groups is 2. The Hall–Kier alpha value is -2.41. The van der Waals surface area contributed by atoms with E-state index in [9.17, 15) is 9.59 Å². The molecule has 7 heteroatoms. The quantitative estimate of drug-likeness (QED) is 0.819. The molecule has 1 aromatic carbocycles. The van der Waals surface area contributed by atoms with Gasteiger partial charge in [-0.05, 0) is 13.1 Å². The molecule has 1 saturated heterocycles. The van der Waals surface area contributed by atoms with Gasteiger partial charge in [-0.3, -0.25) is 14.7 Å². The number of rotatable bonds is 2. The molecule has 0 radical (unpaired) electrons. The first-order chi connectivity index (χ1) is 10.6. The molecule has 2 amide bonds. The molecule has 7 nitrogen and oxygen atoms in total. The van der Waals surface area contributed by atoms with Crippen LogP contribution >= 0.6 is 0 Å². The molecule has 1 fully saturated rings. The number of aromatic amines is 1. The van der Waals surface area contributed by atoms with Crippen molar-refractivity contribution in [1.82, 2.24) is 20.0 Å². The Balaban J connectivity index is 1.88. The van der Waals surface area contributed by atoms with Gasteiger partial charge in [-0.2, -0.15) is 5.10 Å². The minimum absolute atomic E-state index is 0.168. The van der Waals surface area contributed by atoms with E-state index in [2.05, 4.69) is 10.2 Å². The summed E-state index contributed by atoms with van der Waals surface area (Å²) in [6, 6.07) is 7.50. The van der Waals surface area contributed by atoms with Crippen LogP contribution in [0.15, 0.2) is 24.3 Å². The third-order valence-corrected chi connectivity index (χ3v) is 4.09. The average Bonchev–Trinajstić information content (AvgIpc) is 2.82. The molecule has 1 unspecified atom stereocenters. The van der Waals surface area contributed by atoms with Crippen LogP contribution in [0.25, 0.3) is 10.9 Å². The van der Waals surface area contributed by atoms with Gasteiger partial charge in [0.05, 0.1) is 11.4 Å². The average molecular weight is 301 g/mol. The maximum Gasteiger partial charge on any atom is 0.275 e. The zero-order valence-electron chi connectivity index (χ0n) is 12.5. The van der Waals surface area contributed by atoms with Gasteiger partial charge in [0, 0.05) is 31.6 Å². The zero-order chi connectivity index (χ0) is 15.7. The van der Waals surface area contributed by atoms with Crippen LogP contribution in [0.4, 0.5) is 0 Å². The minimum atomic E-state index is -0.376. The van der Waals surface area contributed by atoms with Crippen LogP contribution in [-0.4, -0.2) is 65.0 Å². The number of benzene rings is 1. The van der Waals surface area contributed by atoms with E-state index in [1.807, 2.05) is 36.2 Å². The Morgan fingerprint density at radius 2 is 2.05 bits per heavy atom. The summed E-state index contributed by atoms with van der Waals surface area (Å²) < 4.78 is 0. The number of hydrogen-bond acceptors (Lipinski definition) is 4. The van der Waals surface area contributed by atoms with Crippen molar-refractivity contribution in [2.75, 3.05) is 33.2 Å². The highest BCUT2D eigenvalue weighted by atomic mass is 16.2. The molecule has 0 bridgehead atoms. The van der Waals surface area contributed by atoms with E-state index < -0.39 is 0 Å². The van der Waals surface area contributed by atoms with Crippen molar-refractivity contribution in [3.05, 3.63) is 30.0 Å². The molecule has 1 aliphatic rings. The van der Waals surface area contributed by atoms with Gasteiger partial charge < -0.3 is 15.5 Å². The lowest BCUT2D eigenvalue weighted by Gasteiger charge is -2.21. The van der Waals surface area contributed by atoms with E-state index in [0.717, 1.165) is 10.9 Å². The van der Waals surface area contributed by atoms with Gasteiger partial charge >= 0.3 is 0 Å². The number of aromatic nitrogens is 2. The second kappa shape index (κ2) is 5.76. The maximum absolute atomic E-state index is 12.8. The van der Waals surface area contributed by atoms with Gasteiger partial charge in [0.25, 0.3) is 5.91 Å². The molecule has 3 N–H and O–H groups in total. The molecule has 1 aliphatic heterocycles. The predicted molar refractivity (Wildman–Crippen MR) is 82.2 cm³/mol. The van der Waals surface area contributed by atoms with E-state index in [0.29, 0.717) is 31.9 Å². The van der Waals surface area contributed by atoms with Crippen molar-refractivity contribution >= 4 is 22.7 Å². The maximum atomic E-state index is 12.8. The molecule has 1 aromatic heterocycles. The van der Waals surface area contributed by atoms with Crippen LogP contribution in [0.5, 0.6) is 0 Å². The molecule has 1 atom stereocenters. The Kier molecular flexibility index (Phi) is 3.81. The van der Waals surface area contributed by atoms with E-state index in [1.165, 1.54) is 0 Å². The van der Waals surface area contributed by atoms with Crippen molar-refractivity contribution in [3.63, 3.8) is 0 Å². The van der Waals surface area contributed by atoms with E-state index >= 15 is 0 Å². The number of carbonyl (C=O) groups excluding carboxylic acids is 2. The van der Waals surface area contributed by atoms with E-state index in [-0.39, 0.29) is 17.7 Å². The van der Waals surface area contributed by atoms with Crippen molar-refractivity contribution in [2.24, 2.45) is 11.7 Å². The zero-order valence-corrected chi connectivity index (χ0v) is 12.5. The highest BCUT2D eigenvalue weighted by Crippen LogP contribution is 2.18. The first kappa shape index (κ1) is 14.5. The van der Waals surface area contributed by atoms with Crippen LogP contribution in [-0.2, 0) is 4.79 Å². The lowest BCUT2D eigenvalue weighted by Crippen LogP contribution is -2.40. The molecule has 0 saturated carbocycles. The number of H-pyrrole nitrogens is 1. The lowest BCUT2D eigenvalue weighted by molar-refractivity contribution is -0.122. The molecule has 2 aromatic rings. The highest BCUT2D eigenvalue weighted by molar-refractivity contribution is 6.04. The molecular weight excluding hydrogens is 282 g/mol. The first-order valence-electron chi connectivity index (χ1n) is 7.26. The van der Waals surface area contributed by atoms with Gasteiger partial charge in [0.2, 0.25) is 5.91 Å². The minimum Gasteiger partial charge on any atom is -0.369 e. The largest absolute Gasteiger partial charge is 0.369 e. The fraction of sp³-hybridized carbons (Fsp3) is 0.400. The molecule has 116 valence electrons. The van der Waals surface area contributed by atoms with E-state index in [1.54, 1.807) is 4.90 Å². The highest BCUT2D eigenvalue weighted by Gasteiger charge is 2.29.